The fourth-order valence-corrected chi connectivity index (χ4v) is 4.00. The summed E-state index contributed by atoms with van der Waals surface area (Å²) in [4.78, 5) is 26.4. The van der Waals surface area contributed by atoms with E-state index in [1.165, 1.54) is 4.68 Å². The molecule has 0 unspecified atom stereocenters. The van der Waals surface area contributed by atoms with Crippen LogP contribution in [0.4, 0.5) is 0 Å². The normalized spacial score (nSPS) is 12.2. The van der Waals surface area contributed by atoms with Crippen LogP contribution in [0, 0.1) is 0 Å². The topological polar surface area (TPSA) is 100 Å². The van der Waals surface area contributed by atoms with Crippen LogP contribution in [-0.4, -0.2) is 34.3 Å². The fraction of sp³-hybridized carbons (Fsp3) is 0.348. The number of carbonyl (C=O) groups excluding carboxylic acids is 1. The molecule has 4 aromatic rings. The molecule has 0 spiro atoms. The quantitative estimate of drug-likeness (QED) is 0.454. The van der Waals surface area contributed by atoms with Crippen LogP contribution in [0.5, 0.6) is 11.5 Å². The molecule has 0 fully saturated rings. The van der Waals surface area contributed by atoms with E-state index in [1.54, 1.807) is 43.1 Å². The Bertz CT molecular complexity index is 1330. The lowest BCUT2D eigenvalue weighted by Crippen LogP contribution is -2.39. The van der Waals surface area contributed by atoms with E-state index in [0.29, 0.717) is 41.3 Å². The van der Waals surface area contributed by atoms with Crippen molar-refractivity contribution in [2.24, 2.45) is 0 Å². The number of carbonyl (C=O) groups is 1. The number of furan rings is 1. The number of nitrogens with one attached hydrogen (secondary N) is 1. The molecule has 9 nitrogen and oxygen atoms in total. The van der Waals surface area contributed by atoms with E-state index in [1.807, 2.05) is 26.0 Å². The molecule has 4 rings (SSSR count). The third-order valence-corrected chi connectivity index (χ3v) is 5.57. The minimum absolute atomic E-state index is 0.228. The largest absolute Gasteiger partial charge is 0.493 e. The number of hydrogen-bond acceptors (Lipinski definition) is 6. The highest BCUT2D eigenvalue weighted by atomic mass is 16.5. The Balaban J connectivity index is 1.67. The van der Waals surface area contributed by atoms with Crippen molar-refractivity contribution in [2.75, 3.05) is 14.2 Å². The Morgan fingerprint density at radius 3 is 2.69 bits per heavy atom. The summed E-state index contributed by atoms with van der Waals surface area (Å²) in [6, 6.07) is 8.22. The van der Waals surface area contributed by atoms with Gasteiger partial charge in [-0.1, -0.05) is 26.0 Å². The highest BCUT2D eigenvalue weighted by molar-refractivity contribution is 5.83. The molecule has 0 saturated heterocycles. The van der Waals surface area contributed by atoms with Gasteiger partial charge in [-0.15, -0.1) is 0 Å². The average molecular weight is 438 g/mol. The second-order valence-electron chi connectivity index (χ2n) is 7.35. The molecule has 1 atom stereocenters. The van der Waals surface area contributed by atoms with Gasteiger partial charge in [0.25, 0.3) is 5.56 Å². The van der Waals surface area contributed by atoms with Gasteiger partial charge in [-0.2, -0.15) is 5.10 Å². The number of methoxy groups -OCH3 is 2. The number of rotatable bonds is 8. The summed E-state index contributed by atoms with van der Waals surface area (Å²) < 4.78 is 19.3. The van der Waals surface area contributed by atoms with Gasteiger partial charge in [0.05, 0.1) is 26.0 Å². The van der Waals surface area contributed by atoms with Crippen LogP contribution in [-0.2, 0) is 17.8 Å². The molecule has 0 aliphatic carbocycles. The zero-order valence-corrected chi connectivity index (χ0v) is 18.5. The highest BCUT2D eigenvalue weighted by Gasteiger charge is 2.24. The first kappa shape index (κ1) is 21.5. The van der Waals surface area contributed by atoms with Crippen molar-refractivity contribution in [1.82, 2.24) is 19.5 Å². The van der Waals surface area contributed by atoms with Gasteiger partial charge >= 0.3 is 0 Å². The maximum atomic E-state index is 13.2. The van der Waals surface area contributed by atoms with Crippen LogP contribution >= 0.6 is 0 Å². The monoisotopic (exact) mass is 438 g/mol. The van der Waals surface area contributed by atoms with Crippen LogP contribution in [0.1, 0.15) is 37.7 Å². The van der Waals surface area contributed by atoms with E-state index < -0.39 is 6.04 Å². The summed E-state index contributed by atoms with van der Waals surface area (Å²) in [6.45, 7) is 4.04. The van der Waals surface area contributed by atoms with Crippen molar-refractivity contribution in [3.05, 3.63) is 58.3 Å². The van der Waals surface area contributed by atoms with Gasteiger partial charge in [0.2, 0.25) is 5.91 Å². The van der Waals surface area contributed by atoms with Crippen LogP contribution in [0.25, 0.3) is 16.6 Å². The number of aryl methyl sites for hydroxylation is 1. The molecular formula is C23H26N4O5. The summed E-state index contributed by atoms with van der Waals surface area (Å²) in [5.41, 5.74) is 2.27. The molecule has 0 bridgehead atoms. The number of fused-ring (bicyclic) bond motifs is 3. The number of para-hydroxylation sites is 1. The summed E-state index contributed by atoms with van der Waals surface area (Å²) >= 11 is 0. The Morgan fingerprint density at radius 1 is 1.19 bits per heavy atom. The van der Waals surface area contributed by atoms with Gasteiger partial charge in [0, 0.05) is 30.7 Å². The summed E-state index contributed by atoms with van der Waals surface area (Å²) in [5, 5.41) is 7.46. The number of aromatic nitrogens is 3. The molecule has 0 radical (unpaired) electrons. The van der Waals surface area contributed by atoms with Crippen LogP contribution in [0.15, 0.2) is 45.8 Å². The smallest absolute Gasteiger partial charge is 0.291 e. The molecule has 32 heavy (non-hydrogen) atoms. The second kappa shape index (κ2) is 8.78. The molecule has 3 aromatic heterocycles. The minimum Gasteiger partial charge on any atom is -0.493 e. The van der Waals surface area contributed by atoms with E-state index in [9.17, 15) is 9.59 Å². The molecule has 9 heteroatoms. The maximum Gasteiger partial charge on any atom is 0.291 e. The van der Waals surface area contributed by atoms with E-state index >= 15 is 0 Å². The Hall–Kier alpha value is -3.75. The highest BCUT2D eigenvalue weighted by Crippen LogP contribution is 2.30. The molecule has 168 valence electrons. The van der Waals surface area contributed by atoms with Crippen LogP contribution < -0.4 is 20.3 Å². The lowest BCUT2D eigenvalue weighted by molar-refractivity contribution is -0.125. The van der Waals surface area contributed by atoms with Gasteiger partial charge < -0.3 is 19.2 Å². The standard InChI is InChI=1S/C23H26N4O5/c1-5-15(22(28)24-13-14-8-7-9-18(30-3)21(14)31-4)27-23(29)17-12-19-16(10-11-32-19)26(17)20(6-2)25-27/h7-12,15H,5-6,13H2,1-4H3,(H,24,28)/t15-/m0/s1. The lowest BCUT2D eigenvalue weighted by atomic mass is 10.1. The first-order chi connectivity index (χ1) is 15.5. The summed E-state index contributed by atoms with van der Waals surface area (Å²) in [6.07, 6.45) is 2.58. The number of amides is 1. The Labute approximate surface area is 184 Å². The summed E-state index contributed by atoms with van der Waals surface area (Å²) in [7, 11) is 3.11. The minimum atomic E-state index is -0.754. The Kier molecular flexibility index (Phi) is 5.89. The first-order valence-electron chi connectivity index (χ1n) is 10.5. The van der Waals surface area contributed by atoms with Crippen LogP contribution in [0.3, 0.4) is 0 Å². The molecule has 1 amide bonds. The number of ether oxygens (including phenoxy) is 2. The van der Waals surface area contributed by atoms with Crippen molar-refractivity contribution in [3.8, 4) is 11.5 Å². The molecule has 0 saturated carbocycles. The first-order valence-corrected chi connectivity index (χ1v) is 10.5. The van der Waals surface area contributed by atoms with Crippen molar-refractivity contribution >= 4 is 22.5 Å². The van der Waals surface area contributed by atoms with E-state index in [-0.39, 0.29) is 18.0 Å². The van der Waals surface area contributed by atoms with Gasteiger partial charge in [-0.3, -0.25) is 14.0 Å². The molecule has 1 aromatic carbocycles. The van der Waals surface area contributed by atoms with Gasteiger partial charge in [0.1, 0.15) is 17.4 Å². The second-order valence-corrected chi connectivity index (χ2v) is 7.35. The molecule has 3 heterocycles. The predicted octanol–water partition coefficient (Wildman–Crippen LogP) is 3.09. The third-order valence-electron chi connectivity index (χ3n) is 5.57. The van der Waals surface area contributed by atoms with Gasteiger partial charge in [-0.05, 0) is 12.5 Å². The van der Waals surface area contributed by atoms with Crippen molar-refractivity contribution < 1.29 is 18.7 Å². The Morgan fingerprint density at radius 2 is 2.00 bits per heavy atom. The van der Waals surface area contributed by atoms with Crippen molar-refractivity contribution in [1.29, 1.82) is 0 Å². The predicted molar refractivity (Wildman–Crippen MR) is 119 cm³/mol. The lowest BCUT2D eigenvalue weighted by Gasteiger charge is -2.19. The number of hydrogen-bond donors (Lipinski definition) is 1. The third kappa shape index (κ3) is 3.49. The van der Waals surface area contributed by atoms with E-state index in [4.69, 9.17) is 13.9 Å². The zero-order chi connectivity index (χ0) is 22.8. The maximum absolute atomic E-state index is 13.2. The average Bonchev–Trinajstić information content (AvgIpc) is 3.41. The zero-order valence-electron chi connectivity index (χ0n) is 18.5. The fourth-order valence-electron chi connectivity index (χ4n) is 4.00. The number of benzene rings is 1. The van der Waals surface area contributed by atoms with Crippen molar-refractivity contribution in [3.63, 3.8) is 0 Å². The number of nitrogens with zero attached hydrogens (tertiary/aromatic N) is 3. The van der Waals surface area contributed by atoms with Crippen LogP contribution in [0.2, 0.25) is 0 Å². The van der Waals surface area contributed by atoms with Gasteiger partial charge in [0.15, 0.2) is 17.1 Å². The van der Waals surface area contributed by atoms with E-state index in [0.717, 1.165) is 11.1 Å². The SMILES string of the molecule is CCc1nn([C@@H](CC)C(=O)NCc2cccc(OC)c2OC)c(=O)c2cc3occc3n12. The van der Waals surface area contributed by atoms with Gasteiger partial charge in [-0.25, -0.2) is 4.68 Å². The summed E-state index contributed by atoms with van der Waals surface area (Å²) in [5.74, 6) is 1.52. The molecule has 1 N–H and O–H groups in total. The molecule has 0 aliphatic heterocycles. The molecular weight excluding hydrogens is 412 g/mol. The van der Waals surface area contributed by atoms with E-state index in [2.05, 4.69) is 10.4 Å². The molecule has 0 aliphatic rings. The van der Waals surface area contributed by atoms with Crippen molar-refractivity contribution in [2.45, 2.75) is 39.3 Å².